The smallest absolute Gasteiger partial charge is 0.375 e. The van der Waals surface area contributed by atoms with Crippen molar-refractivity contribution in [1.82, 2.24) is 9.97 Å². The maximum atomic E-state index is 12.6. The van der Waals surface area contributed by atoms with Gasteiger partial charge in [0.15, 0.2) is 11.9 Å². The molecule has 136 valence electrons. The number of nitrogens with one attached hydrogen (secondary N) is 1. The molecule has 0 saturated carbocycles. The van der Waals surface area contributed by atoms with Gasteiger partial charge in [0.2, 0.25) is 5.76 Å². The molecular weight excluding hydrogens is 368 g/mol. The fourth-order valence-electron chi connectivity index (χ4n) is 2.95. The summed E-state index contributed by atoms with van der Waals surface area (Å²) in [5, 5.41) is 1.78. The van der Waals surface area contributed by atoms with Gasteiger partial charge >= 0.3 is 5.97 Å². The van der Waals surface area contributed by atoms with Crippen LogP contribution in [0, 0.1) is 6.92 Å². The number of nitrogens with zero attached hydrogens (tertiary/aromatic N) is 1. The van der Waals surface area contributed by atoms with Crippen molar-refractivity contribution >= 4 is 39.4 Å². The molecule has 0 spiro atoms. The highest BCUT2D eigenvalue weighted by molar-refractivity contribution is 6.31. The van der Waals surface area contributed by atoms with Crippen LogP contribution in [0.1, 0.15) is 35.0 Å². The lowest BCUT2D eigenvalue weighted by Crippen LogP contribution is -2.17. The summed E-state index contributed by atoms with van der Waals surface area (Å²) in [4.78, 5) is 31.8. The van der Waals surface area contributed by atoms with Crippen molar-refractivity contribution in [3.8, 4) is 0 Å². The minimum Gasteiger partial charge on any atom is -0.449 e. The standard InChI is InChI=1S/C20H15ClN2O4/c1-10-14-9-12(21)7-8-16(14)27-17(10)20(25)26-11(2)18-22-15-6-4-3-5-13(15)19(24)23-18/h3-9,11H,1-2H3,(H,22,23,24)/t11-/m1/s1. The van der Waals surface area contributed by atoms with E-state index in [4.69, 9.17) is 20.8 Å². The van der Waals surface area contributed by atoms with Gasteiger partial charge in [-0.3, -0.25) is 4.79 Å². The second-order valence-electron chi connectivity index (χ2n) is 6.21. The number of para-hydroxylation sites is 1. The normalized spacial score (nSPS) is 12.4. The maximum Gasteiger partial charge on any atom is 0.375 e. The van der Waals surface area contributed by atoms with E-state index in [1.54, 1.807) is 56.3 Å². The number of aromatic amines is 1. The number of rotatable bonds is 3. The number of fused-ring (bicyclic) bond motifs is 2. The van der Waals surface area contributed by atoms with Crippen LogP contribution in [0.15, 0.2) is 51.7 Å². The SMILES string of the molecule is Cc1c(C(=O)O[C@H](C)c2nc3ccccc3c(=O)[nH]2)oc2ccc(Cl)cc12. The second kappa shape index (κ2) is 6.55. The van der Waals surface area contributed by atoms with Crippen molar-refractivity contribution in [3.05, 3.63) is 75.0 Å². The molecular formula is C20H15ClN2O4. The summed E-state index contributed by atoms with van der Waals surface area (Å²) >= 11 is 6.01. The second-order valence-corrected chi connectivity index (χ2v) is 6.65. The molecule has 1 atom stereocenters. The van der Waals surface area contributed by atoms with Gasteiger partial charge in [0.1, 0.15) is 5.58 Å². The highest BCUT2D eigenvalue weighted by Gasteiger charge is 2.23. The lowest BCUT2D eigenvalue weighted by Gasteiger charge is -2.12. The van der Waals surface area contributed by atoms with E-state index in [-0.39, 0.29) is 17.1 Å². The topological polar surface area (TPSA) is 85.2 Å². The summed E-state index contributed by atoms with van der Waals surface area (Å²) in [6, 6.07) is 12.1. The molecule has 27 heavy (non-hydrogen) atoms. The first kappa shape index (κ1) is 17.3. The Hall–Kier alpha value is -3.12. The van der Waals surface area contributed by atoms with Crippen LogP contribution in [0.2, 0.25) is 5.02 Å². The van der Waals surface area contributed by atoms with E-state index in [9.17, 15) is 9.59 Å². The summed E-state index contributed by atoms with van der Waals surface area (Å²) in [6.07, 6.45) is -0.758. The Morgan fingerprint density at radius 2 is 2.00 bits per heavy atom. The number of ether oxygens (including phenoxy) is 1. The Bertz CT molecular complexity index is 1240. The van der Waals surface area contributed by atoms with Gasteiger partial charge in [0.05, 0.1) is 10.9 Å². The van der Waals surface area contributed by atoms with Gasteiger partial charge in [-0.15, -0.1) is 0 Å². The monoisotopic (exact) mass is 382 g/mol. The highest BCUT2D eigenvalue weighted by Crippen LogP contribution is 2.29. The molecule has 2 aromatic carbocycles. The first-order chi connectivity index (χ1) is 12.9. The van der Waals surface area contributed by atoms with E-state index < -0.39 is 12.1 Å². The average molecular weight is 383 g/mol. The van der Waals surface area contributed by atoms with E-state index in [1.807, 2.05) is 0 Å². The van der Waals surface area contributed by atoms with E-state index in [0.29, 0.717) is 27.1 Å². The van der Waals surface area contributed by atoms with Crippen molar-refractivity contribution in [3.63, 3.8) is 0 Å². The molecule has 0 aliphatic carbocycles. The van der Waals surface area contributed by atoms with Gasteiger partial charge in [-0.2, -0.15) is 0 Å². The number of esters is 1. The highest BCUT2D eigenvalue weighted by atomic mass is 35.5. The van der Waals surface area contributed by atoms with Crippen LogP contribution in [0.4, 0.5) is 0 Å². The molecule has 7 heteroatoms. The molecule has 0 radical (unpaired) electrons. The number of halogens is 1. The Balaban J connectivity index is 1.65. The Labute approximate surface area is 158 Å². The number of hydrogen-bond acceptors (Lipinski definition) is 5. The van der Waals surface area contributed by atoms with Crippen LogP contribution in [0.5, 0.6) is 0 Å². The third kappa shape index (κ3) is 3.08. The van der Waals surface area contributed by atoms with Crippen molar-refractivity contribution in [2.24, 2.45) is 0 Å². The lowest BCUT2D eigenvalue weighted by atomic mass is 10.1. The quantitative estimate of drug-likeness (QED) is 0.525. The number of H-pyrrole nitrogens is 1. The third-order valence-electron chi connectivity index (χ3n) is 4.38. The number of aromatic nitrogens is 2. The van der Waals surface area contributed by atoms with E-state index in [1.165, 1.54) is 0 Å². The van der Waals surface area contributed by atoms with Gasteiger partial charge in [0, 0.05) is 16.0 Å². The van der Waals surface area contributed by atoms with Crippen molar-refractivity contribution in [2.45, 2.75) is 20.0 Å². The Morgan fingerprint density at radius 1 is 1.22 bits per heavy atom. The predicted octanol–water partition coefficient (Wildman–Crippen LogP) is 4.55. The molecule has 0 fully saturated rings. The van der Waals surface area contributed by atoms with Gasteiger partial charge < -0.3 is 14.1 Å². The van der Waals surface area contributed by atoms with Gasteiger partial charge in [-0.25, -0.2) is 9.78 Å². The van der Waals surface area contributed by atoms with Crippen molar-refractivity contribution < 1.29 is 13.9 Å². The number of aryl methyl sites for hydroxylation is 1. The molecule has 0 bridgehead atoms. The maximum absolute atomic E-state index is 12.6. The molecule has 0 saturated heterocycles. The van der Waals surface area contributed by atoms with Gasteiger partial charge in [0.25, 0.3) is 5.56 Å². The number of furan rings is 1. The fraction of sp³-hybridized carbons (Fsp3) is 0.150. The molecule has 2 heterocycles. The minimum absolute atomic E-state index is 0.0993. The molecule has 0 aliphatic rings. The number of hydrogen-bond donors (Lipinski definition) is 1. The van der Waals surface area contributed by atoms with Gasteiger partial charge in [-0.05, 0) is 44.2 Å². The first-order valence-electron chi connectivity index (χ1n) is 8.32. The van der Waals surface area contributed by atoms with Crippen LogP contribution in [-0.4, -0.2) is 15.9 Å². The zero-order valence-corrected chi connectivity index (χ0v) is 15.3. The van der Waals surface area contributed by atoms with Crippen LogP contribution >= 0.6 is 11.6 Å². The fourth-order valence-corrected chi connectivity index (χ4v) is 3.13. The molecule has 0 amide bonds. The molecule has 6 nitrogen and oxygen atoms in total. The molecule has 0 unspecified atom stereocenters. The van der Waals surface area contributed by atoms with Crippen LogP contribution in [0.3, 0.4) is 0 Å². The summed E-state index contributed by atoms with van der Waals surface area (Å²) in [6.45, 7) is 3.40. The predicted molar refractivity (Wildman–Crippen MR) is 102 cm³/mol. The minimum atomic E-state index is -0.758. The number of carbonyl (C=O) groups excluding carboxylic acids is 1. The zero-order valence-electron chi connectivity index (χ0n) is 14.6. The summed E-state index contributed by atoms with van der Waals surface area (Å²) < 4.78 is 11.1. The average Bonchev–Trinajstić information content (AvgIpc) is 2.98. The molecule has 1 N–H and O–H groups in total. The summed E-state index contributed by atoms with van der Waals surface area (Å²) in [5.74, 6) is -0.269. The van der Waals surface area contributed by atoms with Crippen LogP contribution in [-0.2, 0) is 4.74 Å². The number of carbonyl (C=O) groups is 1. The Kier molecular flexibility index (Phi) is 4.20. The van der Waals surface area contributed by atoms with Crippen LogP contribution in [0.25, 0.3) is 21.9 Å². The molecule has 2 aromatic heterocycles. The largest absolute Gasteiger partial charge is 0.449 e. The van der Waals surface area contributed by atoms with E-state index in [0.717, 1.165) is 5.39 Å². The molecule has 0 aliphatic heterocycles. The third-order valence-corrected chi connectivity index (χ3v) is 4.62. The number of benzene rings is 2. The van der Waals surface area contributed by atoms with E-state index in [2.05, 4.69) is 9.97 Å². The Morgan fingerprint density at radius 3 is 2.81 bits per heavy atom. The molecule has 4 rings (SSSR count). The molecule has 4 aromatic rings. The van der Waals surface area contributed by atoms with Crippen molar-refractivity contribution in [2.75, 3.05) is 0 Å². The van der Waals surface area contributed by atoms with Crippen molar-refractivity contribution in [1.29, 1.82) is 0 Å². The summed E-state index contributed by atoms with van der Waals surface area (Å²) in [7, 11) is 0. The van der Waals surface area contributed by atoms with Crippen LogP contribution < -0.4 is 5.56 Å². The lowest BCUT2D eigenvalue weighted by molar-refractivity contribution is 0.0285. The first-order valence-corrected chi connectivity index (χ1v) is 8.70. The summed E-state index contributed by atoms with van der Waals surface area (Å²) in [5.41, 5.74) is 1.44. The van der Waals surface area contributed by atoms with Gasteiger partial charge in [-0.1, -0.05) is 23.7 Å². The van der Waals surface area contributed by atoms with E-state index >= 15 is 0 Å². The zero-order chi connectivity index (χ0) is 19.1.